The molecule has 1 fully saturated rings. The highest BCUT2D eigenvalue weighted by atomic mass is 35.5. The number of nitrogens with zero attached hydrogens (tertiary/aromatic N) is 3. The Kier molecular flexibility index (Phi) is 4.15. The van der Waals surface area contributed by atoms with Gasteiger partial charge in [0.25, 0.3) is 0 Å². The van der Waals surface area contributed by atoms with Crippen molar-refractivity contribution in [2.24, 2.45) is 0 Å². The van der Waals surface area contributed by atoms with E-state index in [1.165, 1.54) is 0 Å². The SMILES string of the molecule is CC1COC(CCl)CN1c1nccc(C(F)(F)F)n1. The second kappa shape index (κ2) is 5.50. The van der Waals surface area contributed by atoms with Crippen LogP contribution in [0.5, 0.6) is 0 Å². The maximum Gasteiger partial charge on any atom is 0.433 e. The zero-order valence-electron chi connectivity index (χ0n) is 10.2. The molecule has 1 saturated heterocycles. The maximum absolute atomic E-state index is 12.6. The molecule has 19 heavy (non-hydrogen) atoms. The van der Waals surface area contributed by atoms with E-state index >= 15 is 0 Å². The summed E-state index contributed by atoms with van der Waals surface area (Å²) in [5.41, 5.74) is -0.946. The van der Waals surface area contributed by atoms with Gasteiger partial charge in [0.1, 0.15) is 5.69 Å². The molecule has 106 valence electrons. The van der Waals surface area contributed by atoms with Gasteiger partial charge in [-0.05, 0) is 13.0 Å². The summed E-state index contributed by atoms with van der Waals surface area (Å²) in [6, 6.07) is 0.760. The monoisotopic (exact) mass is 295 g/mol. The predicted octanol–water partition coefficient (Wildman–Crippen LogP) is 2.33. The zero-order chi connectivity index (χ0) is 14.0. The highest BCUT2D eigenvalue weighted by Crippen LogP contribution is 2.29. The molecule has 2 atom stereocenters. The van der Waals surface area contributed by atoms with Crippen molar-refractivity contribution < 1.29 is 17.9 Å². The van der Waals surface area contributed by atoms with E-state index in [1.54, 1.807) is 4.90 Å². The van der Waals surface area contributed by atoms with Crippen LogP contribution in [0.4, 0.5) is 19.1 Å². The minimum Gasteiger partial charge on any atom is -0.373 e. The van der Waals surface area contributed by atoms with E-state index in [-0.39, 0.29) is 24.0 Å². The Morgan fingerprint density at radius 1 is 1.53 bits per heavy atom. The number of morpholine rings is 1. The predicted molar refractivity (Wildman–Crippen MR) is 64.3 cm³/mol. The third kappa shape index (κ3) is 3.27. The van der Waals surface area contributed by atoms with Crippen molar-refractivity contribution in [3.63, 3.8) is 0 Å². The molecule has 0 bridgehead atoms. The first-order chi connectivity index (χ1) is 8.91. The molecule has 1 aromatic rings. The minimum absolute atomic E-state index is 0.0562. The number of rotatable bonds is 2. The van der Waals surface area contributed by atoms with Crippen LogP contribution in [-0.4, -0.2) is 41.1 Å². The van der Waals surface area contributed by atoms with Crippen molar-refractivity contribution in [2.45, 2.75) is 25.2 Å². The van der Waals surface area contributed by atoms with Gasteiger partial charge in [-0.2, -0.15) is 13.2 Å². The second-order valence-electron chi connectivity index (χ2n) is 4.35. The molecule has 2 rings (SSSR count). The Morgan fingerprint density at radius 3 is 2.89 bits per heavy atom. The van der Waals surface area contributed by atoms with Crippen molar-refractivity contribution in [2.75, 3.05) is 23.9 Å². The highest BCUT2D eigenvalue weighted by Gasteiger charge is 2.34. The number of hydrogen-bond donors (Lipinski definition) is 0. The maximum atomic E-state index is 12.6. The fourth-order valence-corrected chi connectivity index (χ4v) is 2.02. The number of hydrogen-bond acceptors (Lipinski definition) is 4. The summed E-state index contributed by atoms with van der Waals surface area (Å²) in [5.74, 6) is 0.336. The van der Waals surface area contributed by atoms with Gasteiger partial charge >= 0.3 is 6.18 Å². The summed E-state index contributed by atoms with van der Waals surface area (Å²) in [5, 5.41) is 0. The van der Waals surface area contributed by atoms with E-state index in [2.05, 4.69) is 9.97 Å². The molecule has 0 radical (unpaired) electrons. The average Bonchev–Trinajstić information content (AvgIpc) is 2.38. The van der Waals surface area contributed by atoms with Crippen molar-refractivity contribution in [1.29, 1.82) is 0 Å². The first-order valence-corrected chi connectivity index (χ1v) is 6.29. The van der Waals surface area contributed by atoms with Crippen LogP contribution in [0.3, 0.4) is 0 Å². The van der Waals surface area contributed by atoms with Gasteiger partial charge in [0.15, 0.2) is 0 Å². The molecule has 0 aromatic carbocycles. The summed E-state index contributed by atoms with van der Waals surface area (Å²) in [6.07, 6.45) is -3.58. The van der Waals surface area contributed by atoms with Crippen LogP contribution in [0.2, 0.25) is 0 Å². The van der Waals surface area contributed by atoms with Crippen LogP contribution in [0.25, 0.3) is 0 Å². The van der Waals surface area contributed by atoms with Gasteiger partial charge in [-0.1, -0.05) is 0 Å². The molecule has 0 saturated carbocycles. The molecular formula is C11H13ClF3N3O. The van der Waals surface area contributed by atoms with Gasteiger partial charge < -0.3 is 9.64 Å². The number of aromatic nitrogens is 2. The normalized spacial score (nSPS) is 24.6. The first kappa shape index (κ1) is 14.3. The lowest BCUT2D eigenvalue weighted by atomic mass is 10.2. The van der Waals surface area contributed by atoms with Gasteiger partial charge in [-0.15, -0.1) is 11.6 Å². The average molecular weight is 296 g/mol. The minimum atomic E-state index is -4.47. The molecule has 2 heterocycles. The van der Waals surface area contributed by atoms with E-state index in [0.29, 0.717) is 13.2 Å². The lowest BCUT2D eigenvalue weighted by Crippen LogP contribution is -2.49. The molecule has 0 spiro atoms. The largest absolute Gasteiger partial charge is 0.433 e. The van der Waals surface area contributed by atoms with Crippen LogP contribution >= 0.6 is 11.6 Å². The molecule has 4 nitrogen and oxygen atoms in total. The highest BCUT2D eigenvalue weighted by molar-refractivity contribution is 6.18. The van der Waals surface area contributed by atoms with Gasteiger partial charge in [-0.3, -0.25) is 0 Å². The molecule has 1 aromatic heterocycles. The zero-order valence-corrected chi connectivity index (χ0v) is 10.9. The summed E-state index contributed by atoms with van der Waals surface area (Å²) in [7, 11) is 0. The van der Waals surface area contributed by atoms with E-state index in [9.17, 15) is 13.2 Å². The summed E-state index contributed by atoms with van der Waals surface area (Å²) >= 11 is 5.71. The van der Waals surface area contributed by atoms with E-state index in [0.717, 1.165) is 12.3 Å². The lowest BCUT2D eigenvalue weighted by Gasteiger charge is -2.37. The Bertz CT molecular complexity index is 443. The molecule has 1 aliphatic heterocycles. The number of alkyl halides is 4. The van der Waals surface area contributed by atoms with Crippen LogP contribution < -0.4 is 4.90 Å². The topological polar surface area (TPSA) is 38.2 Å². The molecule has 0 amide bonds. The van der Waals surface area contributed by atoms with Crippen molar-refractivity contribution in [3.05, 3.63) is 18.0 Å². The Morgan fingerprint density at radius 2 is 2.26 bits per heavy atom. The van der Waals surface area contributed by atoms with E-state index in [1.807, 2.05) is 6.92 Å². The lowest BCUT2D eigenvalue weighted by molar-refractivity contribution is -0.141. The first-order valence-electron chi connectivity index (χ1n) is 5.76. The molecular weight excluding hydrogens is 283 g/mol. The smallest absolute Gasteiger partial charge is 0.373 e. The second-order valence-corrected chi connectivity index (χ2v) is 4.66. The van der Waals surface area contributed by atoms with Gasteiger partial charge in [-0.25, -0.2) is 9.97 Å². The third-order valence-corrected chi connectivity index (χ3v) is 3.21. The Balaban J connectivity index is 2.25. The third-order valence-electron chi connectivity index (χ3n) is 2.87. The Labute approximate surface area is 113 Å². The van der Waals surface area contributed by atoms with Crippen molar-refractivity contribution >= 4 is 17.5 Å². The molecule has 0 N–H and O–H groups in total. The van der Waals surface area contributed by atoms with Crippen molar-refractivity contribution in [1.82, 2.24) is 9.97 Å². The standard InChI is InChI=1S/C11H13ClF3N3O/c1-7-6-19-8(4-12)5-18(7)10-16-3-2-9(17-10)11(13,14)15/h2-3,7-8H,4-6H2,1H3. The van der Waals surface area contributed by atoms with Crippen LogP contribution in [-0.2, 0) is 10.9 Å². The fraction of sp³-hybridized carbons (Fsp3) is 0.636. The van der Waals surface area contributed by atoms with Gasteiger partial charge in [0.2, 0.25) is 5.95 Å². The Hall–Kier alpha value is -1.08. The molecule has 0 aliphatic carbocycles. The number of ether oxygens (including phenoxy) is 1. The summed E-state index contributed by atoms with van der Waals surface area (Å²) in [4.78, 5) is 9.18. The van der Waals surface area contributed by atoms with Crippen molar-refractivity contribution in [3.8, 4) is 0 Å². The summed E-state index contributed by atoms with van der Waals surface area (Å²) < 4.78 is 43.3. The van der Waals surface area contributed by atoms with Gasteiger partial charge in [0, 0.05) is 12.7 Å². The fourth-order valence-electron chi connectivity index (χ4n) is 1.83. The van der Waals surface area contributed by atoms with E-state index in [4.69, 9.17) is 16.3 Å². The summed E-state index contributed by atoms with van der Waals surface area (Å²) in [6.45, 7) is 2.61. The molecule has 1 aliphatic rings. The van der Waals surface area contributed by atoms with Crippen LogP contribution in [0.1, 0.15) is 12.6 Å². The van der Waals surface area contributed by atoms with E-state index < -0.39 is 11.9 Å². The molecule has 8 heteroatoms. The van der Waals surface area contributed by atoms with Gasteiger partial charge in [0.05, 0.1) is 24.6 Å². The number of anilines is 1. The quantitative estimate of drug-likeness (QED) is 0.785. The molecule has 2 unspecified atom stereocenters. The number of halogens is 4. The van der Waals surface area contributed by atoms with Crippen LogP contribution in [0, 0.1) is 0 Å². The van der Waals surface area contributed by atoms with Crippen LogP contribution in [0.15, 0.2) is 12.3 Å².